The minimum atomic E-state index is -3.50. The van der Waals surface area contributed by atoms with Gasteiger partial charge in [0.2, 0.25) is 10.0 Å². The lowest BCUT2D eigenvalue weighted by Gasteiger charge is -2.22. The third-order valence-corrected chi connectivity index (χ3v) is 6.95. The molecule has 0 saturated carbocycles. The topological polar surface area (TPSA) is 65.0 Å². The Labute approximate surface area is 189 Å². The van der Waals surface area contributed by atoms with Gasteiger partial charge >= 0.3 is 0 Å². The van der Waals surface area contributed by atoms with Gasteiger partial charge in [0.05, 0.1) is 11.4 Å². The van der Waals surface area contributed by atoms with Crippen LogP contribution in [0.25, 0.3) is 0 Å². The van der Waals surface area contributed by atoms with Gasteiger partial charge < -0.3 is 10.2 Å². The minimum Gasteiger partial charge on any atom is -0.357 e. The summed E-state index contributed by atoms with van der Waals surface area (Å²) in [5.74, 6) is 0.770. The Hall–Kier alpha value is -1.17. The number of likely N-dealkylation sites (N-methyl/N-ethyl adjacent to an activating group) is 1. The van der Waals surface area contributed by atoms with Crippen LogP contribution < -0.4 is 5.32 Å². The Balaban J connectivity index is 0.00000392. The van der Waals surface area contributed by atoms with E-state index in [9.17, 15) is 8.42 Å². The molecule has 1 aromatic carbocycles. The van der Waals surface area contributed by atoms with Crippen LogP contribution in [0.3, 0.4) is 0 Å². The number of benzene rings is 1. The molecule has 0 bridgehead atoms. The number of sulfonamides is 1. The molecule has 1 N–H and O–H groups in total. The molecule has 0 fully saturated rings. The van der Waals surface area contributed by atoms with E-state index in [1.54, 1.807) is 23.5 Å². The normalized spacial score (nSPS) is 12.0. The zero-order valence-corrected chi connectivity index (χ0v) is 20.7. The molecule has 1 aromatic heterocycles. The number of hydrogen-bond donors (Lipinski definition) is 1. The number of rotatable bonds is 8. The van der Waals surface area contributed by atoms with E-state index in [1.807, 2.05) is 26.1 Å². The molecule has 0 aliphatic rings. The van der Waals surface area contributed by atoms with Crippen molar-refractivity contribution in [1.82, 2.24) is 14.5 Å². The van der Waals surface area contributed by atoms with Crippen LogP contribution in [-0.2, 0) is 23.0 Å². The van der Waals surface area contributed by atoms with E-state index in [1.165, 1.54) is 23.3 Å². The van der Waals surface area contributed by atoms with E-state index >= 15 is 0 Å². The highest BCUT2D eigenvalue weighted by Gasteiger charge is 2.20. The molecule has 0 atom stereocenters. The third kappa shape index (κ3) is 6.71. The maximum atomic E-state index is 12.5. The molecule has 0 aliphatic heterocycles. The predicted octanol–water partition coefficient (Wildman–Crippen LogP) is 3.26. The van der Waals surface area contributed by atoms with Crippen LogP contribution in [0.4, 0.5) is 0 Å². The van der Waals surface area contributed by atoms with Crippen molar-refractivity contribution < 1.29 is 8.42 Å². The summed E-state index contributed by atoms with van der Waals surface area (Å²) < 4.78 is 26.3. The van der Waals surface area contributed by atoms with E-state index in [4.69, 9.17) is 0 Å². The lowest BCUT2D eigenvalue weighted by Crippen LogP contribution is -2.39. The molecule has 0 unspecified atom stereocenters. The maximum Gasteiger partial charge on any atom is 0.242 e. The summed E-state index contributed by atoms with van der Waals surface area (Å²) in [5.41, 5.74) is 0.688. The summed E-state index contributed by atoms with van der Waals surface area (Å²) >= 11 is 1.75. The van der Waals surface area contributed by atoms with Crippen LogP contribution in [0.15, 0.2) is 51.7 Å². The van der Waals surface area contributed by atoms with Crippen molar-refractivity contribution in [1.29, 1.82) is 0 Å². The number of hydrogen-bond acceptors (Lipinski definition) is 4. The van der Waals surface area contributed by atoms with Gasteiger partial charge in [-0.05, 0) is 36.4 Å². The van der Waals surface area contributed by atoms with Crippen molar-refractivity contribution in [3.05, 3.63) is 52.2 Å². The predicted molar refractivity (Wildman–Crippen MR) is 128 cm³/mol. The van der Waals surface area contributed by atoms with Crippen LogP contribution in [0, 0.1) is 0 Å². The lowest BCUT2D eigenvalue weighted by atomic mass is 10.2. The van der Waals surface area contributed by atoms with Gasteiger partial charge in [0.1, 0.15) is 0 Å². The van der Waals surface area contributed by atoms with Crippen LogP contribution in [-0.4, -0.2) is 57.8 Å². The number of nitrogens with zero attached hydrogens (tertiary/aromatic N) is 3. The summed E-state index contributed by atoms with van der Waals surface area (Å²) in [6, 6.07) is 11.2. The van der Waals surface area contributed by atoms with Gasteiger partial charge in [0, 0.05) is 39.1 Å². The summed E-state index contributed by atoms with van der Waals surface area (Å²) in [6.07, 6.45) is 0.949. The number of thiophene rings is 1. The van der Waals surface area contributed by atoms with E-state index in [2.05, 4.69) is 32.7 Å². The summed E-state index contributed by atoms with van der Waals surface area (Å²) in [5, 5.41) is 5.36. The van der Waals surface area contributed by atoms with Crippen molar-refractivity contribution in [2.75, 3.05) is 34.2 Å². The van der Waals surface area contributed by atoms with Gasteiger partial charge in [-0.25, -0.2) is 17.7 Å². The smallest absolute Gasteiger partial charge is 0.242 e. The molecule has 2 rings (SSSR count). The van der Waals surface area contributed by atoms with Crippen molar-refractivity contribution in [3.63, 3.8) is 0 Å². The zero-order chi connectivity index (χ0) is 19.9. The molecule has 1 heterocycles. The Kier molecular flexibility index (Phi) is 10.4. The molecule has 0 aliphatic carbocycles. The lowest BCUT2D eigenvalue weighted by molar-refractivity contribution is 0.486. The SMILES string of the molecule is CCNC(=NCc1ccccc1S(=O)(=O)N(C)C)N(C)CCc1cccs1.I. The molecule has 28 heavy (non-hydrogen) atoms. The second kappa shape index (κ2) is 11.7. The third-order valence-electron chi connectivity index (χ3n) is 4.10. The van der Waals surface area contributed by atoms with Gasteiger partial charge in [-0.3, -0.25) is 0 Å². The second-order valence-electron chi connectivity index (χ2n) is 6.32. The molecule has 2 aromatic rings. The fourth-order valence-corrected chi connectivity index (χ4v) is 4.36. The Morgan fingerprint density at radius 2 is 1.86 bits per heavy atom. The first kappa shape index (κ1) is 24.9. The molecular formula is C19H29IN4O2S2. The highest BCUT2D eigenvalue weighted by molar-refractivity contribution is 14.0. The van der Waals surface area contributed by atoms with E-state index in [0.717, 1.165) is 25.5 Å². The van der Waals surface area contributed by atoms with Gasteiger partial charge in [0.15, 0.2) is 5.96 Å². The first-order chi connectivity index (χ1) is 12.9. The van der Waals surface area contributed by atoms with E-state index in [-0.39, 0.29) is 24.0 Å². The highest BCUT2D eigenvalue weighted by Crippen LogP contribution is 2.19. The molecule has 0 saturated heterocycles. The minimum absolute atomic E-state index is 0. The Morgan fingerprint density at radius 1 is 1.14 bits per heavy atom. The molecule has 0 amide bonds. The standard InChI is InChI=1S/C19H28N4O2S2.HI/c1-5-20-19(23(4)13-12-17-10-8-14-26-17)21-15-16-9-6-7-11-18(16)27(24,25)22(2)3;/h6-11,14H,5,12-13,15H2,1-4H3,(H,20,21);1H. The maximum absolute atomic E-state index is 12.5. The molecule has 0 radical (unpaired) electrons. The first-order valence-electron chi connectivity index (χ1n) is 8.88. The molecule has 6 nitrogen and oxygen atoms in total. The monoisotopic (exact) mass is 536 g/mol. The molecule has 0 spiro atoms. The largest absolute Gasteiger partial charge is 0.357 e. The molecule has 156 valence electrons. The van der Waals surface area contributed by atoms with E-state index < -0.39 is 10.0 Å². The molecular weight excluding hydrogens is 507 g/mol. The number of halogens is 1. The first-order valence-corrected chi connectivity index (χ1v) is 11.2. The van der Waals surface area contributed by atoms with E-state index in [0.29, 0.717) is 17.0 Å². The van der Waals surface area contributed by atoms with Crippen LogP contribution in [0.1, 0.15) is 17.4 Å². The van der Waals surface area contributed by atoms with Crippen LogP contribution in [0.5, 0.6) is 0 Å². The van der Waals surface area contributed by atoms with Crippen LogP contribution >= 0.6 is 35.3 Å². The van der Waals surface area contributed by atoms with Crippen LogP contribution in [0.2, 0.25) is 0 Å². The number of nitrogens with one attached hydrogen (secondary N) is 1. The van der Waals surface area contributed by atoms with Gasteiger partial charge in [-0.1, -0.05) is 24.3 Å². The average molecular weight is 537 g/mol. The van der Waals surface area contributed by atoms with Crippen molar-refractivity contribution >= 4 is 51.3 Å². The highest BCUT2D eigenvalue weighted by atomic mass is 127. The summed E-state index contributed by atoms with van der Waals surface area (Å²) in [4.78, 5) is 8.38. The number of aliphatic imine (C=N–C) groups is 1. The number of guanidine groups is 1. The second-order valence-corrected chi connectivity index (χ2v) is 9.47. The fourth-order valence-electron chi connectivity index (χ4n) is 2.55. The summed E-state index contributed by atoms with van der Waals surface area (Å²) in [7, 11) is 1.58. The van der Waals surface area contributed by atoms with Crippen molar-refractivity contribution in [2.24, 2.45) is 4.99 Å². The van der Waals surface area contributed by atoms with Crippen molar-refractivity contribution in [2.45, 2.75) is 24.8 Å². The average Bonchev–Trinajstić information content (AvgIpc) is 3.16. The summed E-state index contributed by atoms with van der Waals surface area (Å²) in [6.45, 7) is 3.91. The fraction of sp³-hybridized carbons (Fsp3) is 0.421. The van der Waals surface area contributed by atoms with Gasteiger partial charge in [0.25, 0.3) is 0 Å². The Morgan fingerprint density at radius 3 is 2.46 bits per heavy atom. The molecule has 9 heteroatoms. The van der Waals surface area contributed by atoms with Crippen molar-refractivity contribution in [3.8, 4) is 0 Å². The van der Waals surface area contributed by atoms with Gasteiger partial charge in [-0.2, -0.15) is 0 Å². The zero-order valence-electron chi connectivity index (χ0n) is 16.8. The Bertz CT molecular complexity index is 853. The quantitative estimate of drug-likeness (QED) is 0.320. The van der Waals surface area contributed by atoms with Gasteiger partial charge in [-0.15, -0.1) is 35.3 Å².